The third-order valence-corrected chi connectivity index (χ3v) is 3.74. The average Bonchev–Trinajstić information content (AvgIpc) is 2.59. The van der Waals surface area contributed by atoms with E-state index in [-0.39, 0.29) is 0 Å². The molecule has 0 atom stereocenters. The van der Waals surface area contributed by atoms with Crippen LogP contribution < -0.4 is 9.64 Å². The second-order valence-electron chi connectivity index (χ2n) is 5.49. The van der Waals surface area contributed by atoms with Crippen LogP contribution in [0.15, 0.2) is 18.3 Å². The van der Waals surface area contributed by atoms with Gasteiger partial charge < -0.3 is 20.1 Å². The highest BCUT2D eigenvalue weighted by Gasteiger charge is 2.24. The number of nitrogens with zero attached hydrogens (tertiary/aromatic N) is 3. The van der Waals surface area contributed by atoms with Crippen molar-refractivity contribution in [2.24, 2.45) is 0 Å². The van der Waals surface area contributed by atoms with Gasteiger partial charge in [0.25, 0.3) is 5.92 Å². The topological polar surface area (TPSA) is 61.6 Å². The Morgan fingerprint density at radius 1 is 1.26 bits per heavy atom. The molecule has 0 unspecified atom stereocenters. The molecule has 0 aliphatic carbocycles. The largest absolute Gasteiger partial charge is 0.672 e. The van der Waals surface area contributed by atoms with E-state index in [0.717, 1.165) is 45.1 Å². The molecule has 0 saturated carbocycles. The summed E-state index contributed by atoms with van der Waals surface area (Å²) in [6.07, 6.45) is 1.45. The van der Waals surface area contributed by atoms with Gasteiger partial charge in [0.1, 0.15) is 18.2 Å². The molecule has 0 spiro atoms. The van der Waals surface area contributed by atoms with Crippen molar-refractivity contribution in [2.75, 3.05) is 64.5 Å². The van der Waals surface area contributed by atoms with Gasteiger partial charge in [0, 0.05) is 39.8 Å². The van der Waals surface area contributed by atoms with E-state index in [0.29, 0.717) is 5.75 Å². The number of rotatable bonds is 8. The van der Waals surface area contributed by atoms with Crippen molar-refractivity contribution in [2.45, 2.75) is 5.92 Å². The van der Waals surface area contributed by atoms with E-state index in [1.807, 2.05) is 0 Å². The van der Waals surface area contributed by atoms with Crippen LogP contribution in [0.3, 0.4) is 0 Å². The summed E-state index contributed by atoms with van der Waals surface area (Å²) in [7, 11) is 1.70. The Kier molecular flexibility index (Phi) is 6.49. The highest BCUT2D eigenvalue weighted by Crippen LogP contribution is 2.20. The molecule has 1 aromatic heterocycles. The first-order valence-electron chi connectivity index (χ1n) is 7.61. The SMILES string of the molecule is COCCN1CCN(c2ccc(OCC(F)(F)C[NH-])cn2)CC1. The molecule has 1 aliphatic rings. The molecule has 0 aromatic carbocycles. The third kappa shape index (κ3) is 5.56. The molecule has 2 heterocycles. The predicted molar refractivity (Wildman–Crippen MR) is 84.4 cm³/mol. The monoisotopic (exact) mass is 329 g/mol. The average molecular weight is 329 g/mol. The lowest BCUT2D eigenvalue weighted by Gasteiger charge is -2.35. The Labute approximate surface area is 135 Å². The Morgan fingerprint density at radius 3 is 2.57 bits per heavy atom. The molecule has 23 heavy (non-hydrogen) atoms. The summed E-state index contributed by atoms with van der Waals surface area (Å²) in [6, 6.07) is 3.42. The van der Waals surface area contributed by atoms with E-state index in [4.69, 9.17) is 15.2 Å². The summed E-state index contributed by atoms with van der Waals surface area (Å²) in [4.78, 5) is 8.77. The Hall–Kier alpha value is -1.51. The number of aromatic nitrogens is 1. The van der Waals surface area contributed by atoms with Crippen molar-refractivity contribution in [3.8, 4) is 5.75 Å². The van der Waals surface area contributed by atoms with Gasteiger partial charge in [-0.1, -0.05) is 6.54 Å². The van der Waals surface area contributed by atoms with Crippen LogP contribution in [0.2, 0.25) is 0 Å². The van der Waals surface area contributed by atoms with Gasteiger partial charge in [0.05, 0.1) is 12.8 Å². The first-order chi connectivity index (χ1) is 11.0. The van der Waals surface area contributed by atoms with E-state index in [9.17, 15) is 8.78 Å². The molecule has 2 rings (SSSR count). The second kappa shape index (κ2) is 8.37. The zero-order valence-corrected chi connectivity index (χ0v) is 13.3. The minimum absolute atomic E-state index is 0.292. The number of anilines is 1. The molecule has 8 heteroatoms. The molecule has 1 aromatic rings. The number of ether oxygens (including phenoxy) is 2. The number of pyridine rings is 1. The quantitative estimate of drug-likeness (QED) is 0.729. The lowest BCUT2D eigenvalue weighted by molar-refractivity contribution is -0.0251. The summed E-state index contributed by atoms with van der Waals surface area (Å²) in [6.45, 7) is 3.50. The fourth-order valence-corrected chi connectivity index (χ4v) is 2.31. The van der Waals surface area contributed by atoms with Crippen LogP contribution >= 0.6 is 0 Å². The van der Waals surface area contributed by atoms with Gasteiger partial charge in [-0.15, -0.1) is 0 Å². The fourth-order valence-electron chi connectivity index (χ4n) is 2.31. The number of hydrogen-bond donors (Lipinski definition) is 0. The van der Waals surface area contributed by atoms with Gasteiger partial charge in [-0.25, -0.2) is 13.8 Å². The summed E-state index contributed by atoms with van der Waals surface area (Å²) < 4.78 is 36.0. The molecule has 1 N–H and O–H groups in total. The highest BCUT2D eigenvalue weighted by molar-refractivity contribution is 5.41. The fraction of sp³-hybridized carbons (Fsp3) is 0.667. The van der Waals surface area contributed by atoms with Crippen LogP contribution in [-0.2, 0) is 4.74 Å². The summed E-state index contributed by atoms with van der Waals surface area (Å²) >= 11 is 0. The normalized spacial score (nSPS) is 16.6. The number of nitrogens with one attached hydrogen (secondary N) is 1. The third-order valence-electron chi connectivity index (χ3n) is 3.74. The highest BCUT2D eigenvalue weighted by atomic mass is 19.3. The van der Waals surface area contributed by atoms with Gasteiger partial charge in [0.2, 0.25) is 0 Å². The molecule has 6 nitrogen and oxygen atoms in total. The smallest absolute Gasteiger partial charge is 0.263 e. The predicted octanol–water partition coefficient (Wildman–Crippen LogP) is 1.92. The molecular formula is C15H23F2N4O2-. The molecule has 1 aliphatic heterocycles. The van der Waals surface area contributed by atoms with Crippen LogP contribution in [-0.4, -0.2) is 75.4 Å². The molecule has 0 amide bonds. The molecule has 1 fully saturated rings. The Balaban J connectivity index is 1.81. The molecule has 0 radical (unpaired) electrons. The zero-order valence-electron chi connectivity index (χ0n) is 13.3. The van der Waals surface area contributed by atoms with Crippen molar-refractivity contribution in [1.82, 2.24) is 9.88 Å². The van der Waals surface area contributed by atoms with E-state index in [1.165, 1.54) is 6.20 Å². The number of methoxy groups -OCH3 is 1. The maximum Gasteiger partial charge on any atom is 0.263 e. The summed E-state index contributed by atoms with van der Waals surface area (Å²) in [5.74, 6) is -2.02. The first kappa shape index (κ1) is 17.8. The molecule has 1 saturated heterocycles. The Bertz CT molecular complexity index is 465. The zero-order chi connectivity index (χ0) is 16.7. The van der Waals surface area contributed by atoms with Crippen molar-refractivity contribution >= 4 is 5.82 Å². The van der Waals surface area contributed by atoms with E-state index in [2.05, 4.69) is 14.8 Å². The van der Waals surface area contributed by atoms with Crippen LogP contribution in [0.1, 0.15) is 0 Å². The Morgan fingerprint density at radius 2 is 2.00 bits per heavy atom. The molecule has 0 bridgehead atoms. The van der Waals surface area contributed by atoms with E-state index < -0.39 is 19.1 Å². The van der Waals surface area contributed by atoms with Gasteiger partial charge in [0.15, 0.2) is 0 Å². The maximum atomic E-state index is 13.0. The van der Waals surface area contributed by atoms with Crippen LogP contribution in [0.25, 0.3) is 5.73 Å². The van der Waals surface area contributed by atoms with Gasteiger partial charge in [-0.05, 0) is 12.1 Å². The van der Waals surface area contributed by atoms with Crippen LogP contribution in [0, 0.1) is 0 Å². The van der Waals surface area contributed by atoms with Crippen molar-refractivity contribution < 1.29 is 18.3 Å². The standard InChI is InChI=1S/C15H23F2N4O2/c1-22-9-8-20-4-6-21(7-5-20)14-3-2-13(10-19-14)23-12-15(16,17)11-18/h2-3,10,18H,4-9,11-12H2,1H3/q-1. The minimum atomic E-state index is -3.13. The number of hydrogen-bond acceptors (Lipinski definition) is 5. The van der Waals surface area contributed by atoms with Crippen molar-refractivity contribution in [3.05, 3.63) is 24.1 Å². The van der Waals surface area contributed by atoms with Gasteiger partial charge in [-0.3, -0.25) is 4.90 Å². The second-order valence-corrected chi connectivity index (χ2v) is 5.49. The lowest BCUT2D eigenvalue weighted by atomic mass is 10.3. The summed E-state index contributed by atoms with van der Waals surface area (Å²) in [5, 5.41) is 0. The van der Waals surface area contributed by atoms with Crippen LogP contribution in [0.5, 0.6) is 5.75 Å². The van der Waals surface area contributed by atoms with E-state index in [1.54, 1.807) is 19.2 Å². The maximum absolute atomic E-state index is 13.0. The van der Waals surface area contributed by atoms with Crippen molar-refractivity contribution in [3.63, 3.8) is 0 Å². The van der Waals surface area contributed by atoms with Crippen molar-refractivity contribution in [1.29, 1.82) is 0 Å². The van der Waals surface area contributed by atoms with Gasteiger partial charge in [-0.2, -0.15) is 0 Å². The molecular weight excluding hydrogens is 306 g/mol. The first-order valence-corrected chi connectivity index (χ1v) is 7.61. The minimum Gasteiger partial charge on any atom is -0.672 e. The summed E-state index contributed by atoms with van der Waals surface area (Å²) in [5.41, 5.74) is 6.73. The van der Waals surface area contributed by atoms with E-state index >= 15 is 0 Å². The van der Waals surface area contributed by atoms with Crippen LogP contribution in [0.4, 0.5) is 14.6 Å². The number of piperazine rings is 1. The molecule has 130 valence electrons. The number of alkyl halides is 2. The lowest BCUT2D eigenvalue weighted by Crippen LogP contribution is -2.47. The number of halogens is 2. The van der Waals surface area contributed by atoms with Gasteiger partial charge >= 0.3 is 0 Å².